The smallest absolute Gasteiger partial charge is 0.226 e. The molecule has 2 heterocycles. The number of thiazole rings is 1. The Kier molecular flexibility index (Phi) is 3.12. The zero-order chi connectivity index (χ0) is 10.7. The molecule has 2 rings (SSSR count). The van der Waals surface area contributed by atoms with Crippen molar-refractivity contribution in [3.8, 4) is 0 Å². The number of nitrogens with one attached hydrogen (secondary N) is 1. The molecule has 0 unspecified atom stereocenters. The minimum absolute atomic E-state index is 0.428. The second kappa shape index (κ2) is 4.54. The van der Waals surface area contributed by atoms with Crippen molar-refractivity contribution in [3.05, 3.63) is 27.3 Å². The molecule has 15 heavy (non-hydrogen) atoms. The summed E-state index contributed by atoms with van der Waals surface area (Å²) in [5, 5.41) is 5.01. The van der Waals surface area contributed by atoms with Crippen LogP contribution in [0.3, 0.4) is 0 Å². The predicted octanol–water partition coefficient (Wildman–Crippen LogP) is 1.89. The third-order valence-electron chi connectivity index (χ3n) is 1.63. The van der Waals surface area contributed by atoms with Crippen molar-refractivity contribution in [2.45, 2.75) is 6.54 Å². The van der Waals surface area contributed by atoms with Crippen molar-refractivity contribution in [3.63, 3.8) is 0 Å². The van der Waals surface area contributed by atoms with Gasteiger partial charge in [-0.2, -0.15) is 4.98 Å². The maximum absolute atomic E-state index is 5.57. The Hall–Kier alpha value is -1.21. The topological polar surface area (TPSA) is 76.7 Å². The fraction of sp³-hybridized carbons (Fsp3) is 0.125. The summed E-state index contributed by atoms with van der Waals surface area (Å²) in [6.45, 7) is 0.597. The van der Waals surface area contributed by atoms with E-state index in [2.05, 4.69) is 36.2 Å². The van der Waals surface area contributed by atoms with E-state index in [9.17, 15) is 0 Å². The molecule has 0 fully saturated rings. The highest BCUT2D eigenvalue weighted by molar-refractivity contribution is 9.10. The molecule has 0 spiro atoms. The van der Waals surface area contributed by atoms with E-state index in [0.717, 1.165) is 5.69 Å². The molecule has 0 aliphatic heterocycles. The zero-order valence-corrected chi connectivity index (χ0v) is 10.0. The first kappa shape index (κ1) is 10.3. The van der Waals surface area contributed by atoms with E-state index < -0.39 is 0 Å². The highest BCUT2D eigenvalue weighted by atomic mass is 79.9. The molecule has 0 amide bonds. The summed E-state index contributed by atoms with van der Waals surface area (Å²) in [6.07, 6.45) is 0. The highest BCUT2D eigenvalue weighted by Gasteiger charge is 2.01. The largest absolute Gasteiger partial charge is 0.383 e. The Morgan fingerprint density at radius 2 is 2.33 bits per heavy atom. The molecule has 0 bridgehead atoms. The van der Waals surface area contributed by atoms with Gasteiger partial charge in [-0.05, 0) is 15.9 Å². The second-order valence-corrected chi connectivity index (χ2v) is 4.30. The summed E-state index contributed by atoms with van der Waals surface area (Å²) < 4.78 is 0.663. The van der Waals surface area contributed by atoms with Crippen LogP contribution in [0.15, 0.2) is 21.6 Å². The minimum Gasteiger partial charge on any atom is -0.383 e. The van der Waals surface area contributed by atoms with Gasteiger partial charge in [0.2, 0.25) is 5.95 Å². The van der Waals surface area contributed by atoms with E-state index in [0.29, 0.717) is 22.9 Å². The molecular formula is C8H8BrN5S. The van der Waals surface area contributed by atoms with Crippen molar-refractivity contribution in [2.24, 2.45) is 0 Å². The number of aromatic nitrogens is 3. The van der Waals surface area contributed by atoms with Crippen molar-refractivity contribution in [1.29, 1.82) is 0 Å². The van der Waals surface area contributed by atoms with Crippen LogP contribution in [-0.4, -0.2) is 15.0 Å². The van der Waals surface area contributed by atoms with Gasteiger partial charge in [0, 0.05) is 11.4 Å². The second-order valence-electron chi connectivity index (χ2n) is 2.77. The molecule has 0 aliphatic carbocycles. The Bertz CT molecular complexity index is 424. The molecule has 0 saturated carbocycles. The van der Waals surface area contributed by atoms with Crippen molar-refractivity contribution >= 4 is 39.0 Å². The molecule has 0 aromatic carbocycles. The first-order valence-corrected chi connectivity index (χ1v) is 5.88. The van der Waals surface area contributed by atoms with Gasteiger partial charge in [0.25, 0.3) is 0 Å². The average molecular weight is 286 g/mol. The third kappa shape index (κ3) is 2.87. The lowest BCUT2D eigenvalue weighted by atomic mass is 10.5. The number of hydrogen-bond acceptors (Lipinski definition) is 6. The average Bonchev–Trinajstić information content (AvgIpc) is 2.65. The number of nitrogens with zero attached hydrogens (tertiary/aromatic N) is 3. The maximum atomic E-state index is 5.57. The first-order valence-electron chi connectivity index (χ1n) is 4.15. The summed E-state index contributed by atoms with van der Waals surface area (Å²) in [5.74, 6) is 0.924. The van der Waals surface area contributed by atoms with E-state index in [1.807, 2.05) is 5.38 Å². The summed E-state index contributed by atoms with van der Waals surface area (Å²) in [7, 11) is 0. The third-order valence-corrected chi connectivity index (χ3v) is 2.67. The molecule has 78 valence electrons. The lowest BCUT2D eigenvalue weighted by molar-refractivity contribution is 1.01. The monoisotopic (exact) mass is 285 g/mol. The van der Waals surface area contributed by atoms with Crippen LogP contribution in [0.1, 0.15) is 5.69 Å². The van der Waals surface area contributed by atoms with Gasteiger partial charge in [-0.3, -0.25) is 0 Å². The lowest BCUT2D eigenvalue weighted by Crippen LogP contribution is -2.05. The van der Waals surface area contributed by atoms with E-state index in [-0.39, 0.29) is 0 Å². The predicted molar refractivity (Wildman–Crippen MR) is 63.6 cm³/mol. The van der Waals surface area contributed by atoms with E-state index in [1.54, 1.807) is 22.9 Å². The Balaban J connectivity index is 2.05. The van der Waals surface area contributed by atoms with Crippen LogP contribution in [0.2, 0.25) is 0 Å². The quantitative estimate of drug-likeness (QED) is 0.843. The van der Waals surface area contributed by atoms with Crippen LogP contribution in [-0.2, 0) is 6.54 Å². The number of nitrogen functional groups attached to an aromatic ring is 1. The highest BCUT2D eigenvalue weighted by Crippen LogP contribution is 2.13. The number of anilines is 2. The first-order chi connectivity index (χ1) is 7.24. The van der Waals surface area contributed by atoms with Crippen LogP contribution in [0.25, 0.3) is 0 Å². The molecule has 7 heteroatoms. The number of halogens is 1. The summed E-state index contributed by atoms with van der Waals surface area (Å²) in [4.78, 5) is 12.3. The fourth-order valence-corrected chi connectivity index (χ4v) is 1.97. The van der Waals surface area contributed by atoms with Gasteiger partial charge in [-0.25, -0.2) is 9.97 Å². The van der Waals surface area contributed by atoms with Crippen LogP contribution in [0.5, 0.6) is 0 Å². The summed E-state index contributed by atoms with van der Waals surface area (Å²) in [6, 6.07) is 1.65. The van der Waals surface area contributed by atoms with E-state index in [1.165, 1.54) is 0 Å². The van der Waals surface area contributed by atoms with Crippen molar-refractivity contribution in [1.82, 2.24) is 15.0 Å². The van der Waals surface area contributed by atoms with Crippen LogP contribution < -0.4 is 11.1 Å². The normalized spacial score (nSPS) is 10.2. The van der Waals surface area contributed by atoms with Crippen LogP contribution >= 0.6 is 27.3 Å². The van der Waals surface area contributed by atoms with Gasteiger partial charge in [-0.15, -0.1) is 11.3 Å². The van der Waals surface area contributed by atoms with Crippen molar-refractivity contribution in [2.75, 3.05) is 11.1 Å². The number of rotatable bonds is 3. The number of nitrogens with two attached hydrogens (primary N) is 1. The van der Waals surface area contributed by atoms with Crippen molar-refractivity contribution < 1.29 is 0 Å². The molecule has 0 aliphatic rings. The lowest BCUT2D eigenvalue weighted by Gasteiger charge is -2.03. The molecule has 0 atom stereocenters. The summed E-state index contributed by atoms with van der Waals surface area (Å²) >= 11 is 4.80. The molecule has 5 nitrogen and oxygen atoms in total. The van der Waals surface area contributed by atoms with Gasteiger partial charge in [0.05, 0.1) is 17.7 Å². The Labute approximate surface area is 98.9 Å². The molecular weight excluding hydrogens is 278 g/mol. The fourth-order valence-electron chi connectivity index (χ4n) is 1.01. The maximum Gasteiger partial charge on any atom is 0.226 e. The molecule has 0 radical (unpaired) electrons. The summed E-state index contributed by atoms with van der Waals surface area (Å²) in [5.41, 5.74) is 8.32. The molecule has 2 aromatic heterocycles. The zero-order valence-electron chi connectivity index (χ0n) is 7.64. The Morgan fingerprint density at radius 3 is 3.00 bits per heavy atom. The Morgan fingerprint density at radius 1 is 1.47 bits per heavy atom. The standard InChI is InChI=1S/C8H8BrN5S/c9-6-1-7(10)14-8(13-6)11-2-5-3-15-4-12-5/h1,3-4H,2H2,(H3,10,11,13,14). The SMILES string of the molecule is Nc1cc(Br)nc(NCc2cscn2)n1. The van der Waals surface area contributed by atoms with Gasteiger partial charge >= 0.3 is 0 Å². The molecule has 3 N–H and O–H groups in total. The molecule has 2 aromatic rings. The minimum atomic E-state index is 0.428. The number of hydrogen-bond donors (Lipinski definition) is 2. The molecule has 0 saturated heterocycles. The van der Waals surface area contributed by atoms with Gasteiger partial charge < -0.3 is 11.1 Å². The van der Waals surface area contributed by atoms with Gasteiger partial charge in [-0.1, -0.05) is 0 Å². The van der Waals surface area contributed by atoms with E-state index >= 15 is 0 Å². The van der Waals surface area contributed by atoms with Crippen LogP contribution in [0, 0.1) is 0 Å². The van der Waals surface area contributed by atoms with Gasteiger partial charge in [0.1, 0.15) is 10.4 Å². The van der Waals surface area contributed by atoms with Crippen LogP contribution in [0.4, 0.5) is 11.8 Å². The van der Waals surface area contributed by atoms with E-state index in [4.69, 9.17) is 5.73 Å². The van der Waals surface area contributed by atoms with Gasteiger partial charge in [0.15, 0.2) is 0 Å².